The molecule has 1 aliphatic heterocycles. The van der Waals surface area contributed by atoms with Crippen molar-refractivity contribution in [2.45, 2.75) is 19.4 Å². The molecule has 0 saturated carbocycles. The molecule has 0 spiro atoms. The Labute approximate surface area is 109 Å². The third-order valence-corrected chi connectivity index (χ3v) is 2.89. The van der Waals surface area contributed by atoms with E-state index in [0.29, 0.717) is 32.2 Å². The summed E-state index contributed by atoms with van der Waals surface area (Å²) in [5.74, 6) is 0. The van der Waals surface area contributed by atoms with Crippen molar-refractivity contribution in [2.75, 3.05) is 33.5 Å². The highest BCUT2D eigenvalue weighted by molar-refractivity contribution is 7.76. The zero-order chi connectivity index (χ0) is 13.4. The Balaban J connectivity index is 2.25. The van der Waals surface area contributed by atoms with Crippen molar-refractivity contribution < 1.29 is 23.1 Å². The number of amidine groups is 1. The average molecular weight is 280 g/mol. The molecular formula is C9H18N3O5S-. The first-order valence-electron chi connectivity index (χ1n) is 5.60. The second kappa shape index (κ2) is 8.38. The van der Waals surface area contributed by atoms with Crippen LogP contribution in [0.4, 0.5) is 0 Å². The van der Waals surface area contributed by atoms with Crippen LogP contribution in [0.3, 0.4) is 0 Å². The quantitative estimate of drug-likeness (QED) is 0.595. The fourth-order valence-corrected chi connectivity index (χ4v) is 1.68. The largest absolute Gasteiger partial charge is 0.760 e. The molecule has 9 heteroatoms. The molecule has 18 heavy (non-hydrogen) atoms. The maximum atomic E-state index is 10.7. The third kappa shape index (κ3) is 5.74. The van der Waals surface area contributed by atoms with Gasteiger partial charge < -0.3 is 14.0 Å². The zero-order valence-corrected chi connectivity index (χ0v) is 11.3. The second-order valence-corrected chi connectivity index (χ2v) is 4.64. The fourth-order valence-electron chi connectivity index (χ4n) is 1.39. The molecule has 1 aliphatic rings. The molecule has 1 heterocycles. The first-order chi connectivity index (χ1) is 8.63. The molecule has 0 amide bonds. The van der Waals surface area contributed by atoms with Crippen molar-refractivity contribution in [3.05, 3.63) is 0 Å². The van der Waals surface area contributed by atoms with E-state index in [1.54, 1.807) is 0 Å². The summed E-state index contributed by atoms with van der Waals surface area (Å²) < 4.78 is 33.3. The van der Waals surface area contributed by atoms with Gasteiger partial charge in [-0.25, -0.2) is 19.6 Å². The minimum atomic E-state index is -2.24. The first kappa shape index (κ1) is 15.3. The first-order valence-corrected chi connectivity index (χ1v) is 6.63. The van der Waals surface area contributed by atoms with E-state index in [1.807, 2.05) is 6.92 Å². The topological polar surface area (TPSA) is 95.5 Å². The Bertz CT molecular complexity index is 302. The molecule has 8 nitrogen and oxygen atoms in total. The number of hydrogen-bond donors (Lipinski definition) is 1. The van der Waals surface area contributed by atoms with E-state index in [0.717, 1.165) is 0 Å². The maximum absolute atomic E-state index is 10.7. The smallest absolute Gasteiger partial charge is 0.311 e. The summed E-state index contributed by atoms with van der Waals surface area (Å²) in [7, 11) is 1.49. The SMILES string of the molecule is CCO[C@@H](CCOC1=NCON1)CN(C)S(=O)[O-]. The predicted molar refractivity (Wildman–Crippen MR) is 64.1 cm³/mol. The van der Waals surface area contributed by atoms with Gasteiger partial charge >= 0.3 is 6.02 Å². The number of nitrogens with zero attached hydrogens (tertiary/aromatic N) is 2. The van der Waals surface area contributed by atoms with Gasteiger partial charge in [0.15, 0.2) is 6.73 Å². The summed E-state index contributed by atoms with van der Waals surface area (Å²) >= 11 is -2.24. The molecule has 1 rings (SSSR count). The van der Waals surface area contributed by atoms with Crippen LogP contribution in [-0.4, -0.2) is 58.7 Å². The van der Waals surface area contributed by atoms with Gasteiger partial charge in [-0.1, -0.05) is 0 Å². The second-order valence-electron chi connectivity index (χ2n) is 3.58. The van der Waals surface area contributed by atoms with Crippen LogP contribution in [0.5, 0.6) is 0 Å². The van der Waals surface area contributed by atoms with Crippen molar-refractivity contribution in [3.8, 4) is 0 Å². The molecule has 106 valence electrons. The molecule has 0 fully saturated rings. The molecule has 0 bridgehead atoms. The van der Waals surface area contributed by atoms with Crippen molar-refractivity contribution in [2.24, 2.45) is 4.99 Å². The minimum Gasteiger partial charge on any atom is -0.760 e. The van der Waals surface area contributed by atoms with Gasteiger partial charge in [-0.2, -0.15) is 0 Å². The van der Waals surface area contributed by atoms with Crippen LogP contribution in [0.2, 0.25) is 0 Å². The molecule has 1 N–H and O–H groups in total. The molecule has 0 radical (unpaired) electrons. The number of ether oxygens (including phenoxy) is 2. The van der Waals surface area contributed by atoms with Gasteiger partial charge in [0.2, 0.25) is 0 Å². The number of aliphatic imine (C=N–C) groups is 1. The molecule has 0 aromatic rings. The van der Waals surface area contributed by atoms with E-state index in [9.17, 15) is 8.76 Å². The van der Waals surface area contributed by atoms with E-state index in [2.05, 4.69) is 10.5 Å². The fraction of sp³-hybridized carbons (Fsp3) is 0.889. The molecule has 0 aromatic carbocycles. The lowest BCUT2D eigenvalue weighted by Crippen LogP contribution is -2.33. The summed E-state index contributed by atoms with van der Waals surface area (Å²) in [4.78, 5) is 8.64. The molecular weight excluding hydrogens is 262 g/mol. The van der Waals surface area contributed by atoms with Crippen LogP contribution in [-0.2, 0) is 25.6 Å². The van der Waals surface area contributed by atoms with Crippen molar-refractivity contribution in [1.82, 2.24) is 9.79 Å². The van der Waals surface area contributed by atoms with Gasteiger partial charge in [0.05, 0.1) is 12.7 Å². The average Bonchev–Trinajstić information content (AvgIpc) is 2.82. The Kier molecular flexibility index (Phi) is 7.13. The minimum absolute atomic E-state index is 0.208. The van der Waals surface area contributed by atoms with Crippen molar-refractivity contribution in [1.29, 1.82) is 0 Å². The zero-order valence-electron chi connectivity index (χ0n) is 10.5. The van der Waals surface area contributed by atoms with Gasteiger partial charge in [-0.05, 0) is 14.0 Å². The summed E-state index contributed by atoms with van der Waals surface area (Å²) in [6, 6.07) is 0.339. The Morgan fingerprint density at radius 2 is 2.50 bits per heavy atom. The Hall–Kier alpha value is -0.740. The molecule has 0 aliphatic carbocycles. The third-order valence-electron chi connectivity index (χ3n) is 2.23. The van der Waals surface area contributed by atoms with E-state index >= 15 is 0 Å². The van der Waals surface area contributed by atoms with Crippen molar-refractivity contribution >= 4 is 17.3 Å². The number of likely N-dealkylation sites (N-methyl/N-ethyl adjacent to an activating group) is 1. The molecule has 2 atom stereocenters. The summed E-state index contributed by atoms with van der Waals surface area (Å²) in [6.07, 6.45) is 0.358. The lowest BCUT2D eigenvalue weighted by Gasteiger charge is -2.25. The highest BCUT2D eigenvalue weighted by atomic mass is 32.2. The Morgan fingerprint density at radius 1 is 1.72 bits per heavy atom. The lowest BCUT2D eigenvalue weighted by molar-refractivity contribution is 0.0334. The van der Waals surface area contributed by atoms with E-state index in [1.165, 1.54) is 11.4 Å². The molecule has 0 aromatic heterocycles. The molecule has 0 saturated heterocycles. The highest BCUT2D eigenvalue weighted by Crippen LogP contribution is 2.03. The summed E-state index contributed by atoms with van der Waals surface area (Å²) in [5, 5.41) is 0. The summed E-state index contributed by atoms with van der Waals surface area (Å²) in [5.41, 5.74) is 2.50. The van der Waals surface area contributed by atoms with Crippen LogP contribution in [0.1, 0.15) is 13.3 Å². The number of rotatable bonds is 8. The van der Waals surface area contributed by atoms with Crippen LogP contribution in [0.15, 0.2) is 4.99 Å². The molecule has 1 unspecified atom stereocenters. The highest BCUT2D eigenvalue weighted by Gasteiger charge is 2.14. The van der Waals surface area contributed by atoms with Crippen LogP contribution >= 0.6 is 0 Å². The van der Waals surface area contributed by atoms with Gasteiger partial charge in [0, 0.05) is 30.8 Å². The normalized spacial score (nSPS) is 18.3. The standard InChI is InChI=1S/C9H19N3O5S/c1-3-15-8(6-12(2)18(13)14)4-5-16-9-10-7-17-11-9/h8H,3-7H2,1-2H3,(H,10,11)(H,13,14)/p-1/t8-/m0/s1. The monoisotopic (exact) mass is 280 g/mol. The number of hydrogen-bond acceptors (Lipinski definition) is 7. The van der Waals surface area contributed by atoms with Crippen LogP contribution < -0.4 is 5.48 Å². The van der Waals surface area contributed by atoms with E-state index in [4.69, 9.17) is 14.3 Å². The van der Waals surface area contributed by atoms with Gasteiger partial charge in [-0.3, -0.25) is 4.21 Å². The van der Waals surface area contributed by atoms with E-state index < -0.39 is 11.3 Å². The van der Waals surface area contributed by atoms with Gasteiger partial charge in [0.25, 0.3) is 0 Å². The maximum Gasteiger partial charge on any atom is 0.311 e. The lowest BCUT2D eigenvalue weighted by atomic mass is 10.2. The van der Waals surface area contributed by atoms with Gasteiger partial charge in [0.1, 0.15) is 0 Å². The Morgan fingerprint density at radius 3 is 3.06 bits per heavy atom. The van der Waals surface area contributed by atoms with Crippen LogP contribution in [0, 0.1) is 0 Å². The predicted octanol–water partition coefficient (Wildman–Crippen LogP) is -0.628. The summed E-state index contributed by atoms with van der Waals surface area (Å²) in [6.45, 7) is 3.29. The van der Waals surface area contributed by atoms with Gasteiger partial charge in [-0.15, -0.1) is 0 Å². The van der Waals surface area contributed by atoms with Crippen LogP contribution in [0.25, 0.3) is 0 Å². The number of nitrogens with one attached hydrogen (secondary N) is 1. The number of hydroxylamine groups is 1. The van der Waals surface area contributed by atoms with E-state index in [-0.39, 0.29) is 12.8 Å². The van der Waals surface area contributed by atoms with Crippen molar-refractivity contribution in [3.63, 3.8) is 0 Å².